The predicted molar refractivity (Wildman–Crippen MR) is 57.7 cm³/mol. The van der Waals surface area contributed by atoms with E-state index in [2.05, 4.69) is 29.3 Å². The second kappa shape index (κ2) is 4.27. The Kier molecular flexibility index (Phi) is 2.82. The summed E-state index contributed by atoms with van der Waals surface area (Å²) < 4.78 is 5.40. The number of ether oxygens (including phenoxy) is 1. The molecule has 1 heterocycles. The van der Waals surface area contributed by atoms with Crippen molar-refractivity contribution in [3.05, 3.63) is 35.9 Å². The lowest BCUT2D eigenvalue weighted by Gasteiger charge is -2.08. The van der Waals surface area contributed by atoms with Crippen molar-refractivity contribution < 1.29 is 4.74 Å². The van der Waals surface area contributed by atoms with Gasteiger partial charge in [0.1, 0.15) is 0 Å². The van der Waals surface area contributed by atoms with Crippen molar-refractivity contribution in [3.8, 4) is 0 Å². The molecule has 1 aliphatic heterocycles. The minimum Gasteiger partial charge on any atom is -0.481 e. The van der Waals surface area contributed by atoms with E-state index in [1.165, 1.54) is 5.56 Å². The van der Waals surface area contributed by atoms with Gasteiger partial charge in [-0.05, 0) is 12.5 Å². The molecule has 0 fully saturated rings. The number of rotatable bonds is 2. The molecule has 74 valence electrons. The molecule has 0 aliphatic carbocycles. The summed E-state index contributed by atoms with van der Waals surface area (Å²) in [5.41, 5.74) is 1.37. The van der Waals surface area contributed by atoms with Gasteiger partial charge in [0.15, 0.2) is 5.90 Å². The fraction of sp³-hybridized carbons (Fsp3) is 0.417. The summed E-state index contributed by atoms with van der Waals surface area (Å²) in [7, 11) is 0. The van der Waals surface area contributed by atoms with E-state index in [4.69, 9.17) is 4.74 Å². The molecule has 2 rings (SSSR count). The number of hydrogen-bond acceptors (Lipinski definition) is 2. The highest BCUT2D eigenvalue weighted by Gasteiger charge is 2.20. The molecule has 0 aromatic heterocycles. The van der Waals surface area contributed by atoms with E-state index < -0.39 is 0 Å². The zero-order valence-corrected chi connectivity index (χ0v) is 8.44. The van der Waals surface area contributed by atoms with E-state index in [-0.39, 0.29) is 0 Å². The fourth-order valence-corrected chi connectivity index (χ4v) is 1.77. The van der Waals surface area contributed by atoms with Gasteiger partial charge in [-0.25, -0.2) is 0 Å². The summed E-state index contributed by atoms with van der Waals surface area (Å²) >= 11 is 0. The summed E-state index contributed by atoms with van der Waals surface area (Å²) in [5, 5.41) is 0. The van der Waals surface area contributed by atoms with Crippen LogP contribution in [0.4, 0.5) is 0 Å². The van der Waals surface area contributed by atoms with Crippen LogP contribution in [0.1, 0.15) is 24.8 Å². The van der Waals surface area contributed by atoms with Crippen molar-refractivity contribution in [2.45, 2.75) is 19.3 Å². The Labute approximate surface area is 84.6 Å². The maximum atomic E-state index is 5.40. The second-order valence-electron chi connectivity index (χ2n) is 3.48. The first-order valence-electron chi connectivity index (χ1n) is 5.11. The van der Waals surface area contributed by atoms with Crippen LogP contribution < -0.4 is 0 Å². The first-order chi connectivity index (χ1) is 6.90. The lowest BCUT2D eigenvalue weighted by Crippen LogP contribution is -2.03. The number of benzene rings is 1. The van der Waals surface area contributed by atoms with Crippen molar-refractivity contribution in [3.63, 3.8) is 0 Å². The van der Waals surface area contributed by atoms with Gasteiger partial charge in [0.25, 0.3) is 0 Å². The molecule has 0 N–H and O–H groups in total. The van der Waals surface area contributed by atoms with Crippen molar-refractivity contribution in [2.24, 2.45) is 4.99 Å². The Morgan fingerprint density at radius 3 is 2.86 bits per heavy atom. The molecule has 1 aromatic carbocycles. The molecule has 1 aromatic rings. The molecule has 1 unspecified atom stereocenters. The summed E-state index contributed by atoms with van der Waals surface area (Å²) in [6.07, 6.45) is 0.956. The SMILES string of the molecule is CCOC1=NCC(c2ccccc2)C1. The zero-order valence-electron chi connectivity index (χ0n) is 8.44. The first-order valence-corrected chi connectivity index (χ1v) is 5.11. The monoisotopic (exact) mass is 189 g/mol. The van der Waals surface area contributed by atoms with Gasteiger partial charge in [-0.2, -0.15) is 0 Å². The second-order valence-corrected chi connectivity index (χ2v) is 3.48. The third-order valence-corrected chi connectivity index (χ3v) is 2.49. The van der Waals surface area contributed by atoms with Crippen LogP contribution in [0.3, 0.4) is 0 Å². The van der Waals surface area contributed by atoms with Crippen LogP contribution in [0, 0.1) is 0 Å². The molecule has 1 atom stereocenters. The van der Waals surface area contributed by atoms with E-state index in [0.29, 0.717) is 5.92 Å². The summed E-state index contributed by atoms with van der Waals surface area (Å²) in [6, 6.07) is 10.5. The Bertz CT molecular complexity index is 318. The van der Waals surface area contributed by atoms with Gasteiger partial charge >= 0.3 is 0 Å². The molecule has 0 radical (unpaired) electrons. The van der Waals surface area contributed by atoms with Crippen molar-refractivity contribution in [1.82, 2.24) is 0 Å². The molecular formula is C12H15NO. The highest BCUT2D eigenvalue weighted by molar-refractivity contribution is 5.79. The van der Waals surface area contributed by atoms with Crippen LogP contribution in [-0.4, -0.2) is 19.0 Å². The smallest absolute Gasteiger partial charge is 0.183 e. The number of nitrogens with zero attached hydrogens (tertiary/aromatic N) is 1. The van der Waals surface area contributed by atoms with Gasteiger partial charge in [-0.1, -0.05) is 30.3 Å². The summed E-state index contributed by atoms with van der Waals surface area (Å²) in [6.45, 7) is 3.60. The van der Waals surface area contributed by atoms with E-state index in [0.717, 1.165) is 25.5 Å². The highest BCUT2D eigenvalue weighted by atomic mass is 16.5. The average molecular weight is 189 g/mol. The molecule has 1 aliphatic rings. The molecule has 0 saturated carbocycles. The molecule has 0 bridgehead atoms. The lowest BCUT2D eigenvalue weighted by molar-refractivity contribution is 0.320. The Morgan fingerprint density at radius 2 is 2.14 bits per heavy atom. The molecule has 2 heteroatoms. The van der Waals surface area contributed by atoms with E-state index in [9.17, 15) is 0 Å². The lowest BCUT2D eigenvalue weighted by atomic mass is 9.98. The fourth-order valence-electron chi connectivity index (χ4n) is 1.77. The molecular weight excluding hydrogens is 174 g/mol. The molecule has 0 spiro atoms. The van der Waals surface area contributed by atoms with Crippen LogP contribution in [0.2, 0.25) is 0 Å². The standard InChI is InChI=1S/C12H15NO/c1-2-14-12-8-11(9-13-12)10-6-4-3-5-7-10/h3-7,11H,2,8-9H2,1H3. The molecule has 0 saturated heterocycles. The Hall–Kier alpha value is -1.31. The topological polar surface area (TPSA) is 21.6 Å². The van der Waals surface area contributed by atoms with Crippen molar-refractivity contribution in [2.75, 3.05) is 13.2 Å². The third kappa shape index (κ3) is 1.95. The van der Waals surface area contributed by atoms with E-state index in [1.54, 1.807) is 0 Å². The normalized spacial score (nSPS) is 20.6. The predicted octanol–water partition coefficient (Wildman–Crippen LogP) is 2.61. The van der Waals surface area contributed by atoms with Gasteiger partial charge in [0, 0.05) is 18.9 Å². The van der Waals surface area contributed by atoms with Gasteiger partial charge in [0.05, 0.1) is 6.61 Å². The number of aliphatic imine (C=N–C) groups is 1. The van der Waals surface area contributed by atoms with Crippen LogP contribution in [0.15, 0.2) is 35.3 Å². The number of hydrogen-bond donors (Lipinski definition) is 0. The first kappa shape index (κ1) is 9.25. The van der Waals surface area contributed by atoms with Gasteiger partial charge in [0.2, 0.25) is 0 Å². The molecule has 0 amide bonds. The van der Waals surface area contributed by atoms with Gasteiger partial charge in [-0.3, -0.25) is 4.99 Å². The van der Waals surface area contributed by atoms with Crippen LogP contribution in [0.5, 0.6) is 0 Å². The maximum Gasteiger partial charge on any atom is 0.183 e. The molecule has 14 heavy (non-hydrogen) atoms. The minimum atomic E-state index is 0.526. The van der Waals surface area contributed by atoms with Crippen LogP contribution in [-0.2, 0) is 4.74 Å². The van der Waals surface area contributed by atoms with Gasteiger partial charge in [-0.15, -0.1) is 0 Å². The average Bonchev–Trinajstić information content (AvgIpc) is 2.68. The van der Waals surface area contributed by atoms with Gasteiger partial charge < -0.3 is 4.74 Å². The molecule has 2 nitrogen and oxygen atoms in total. The van der Waals surface area contributed by atoms with E-state index >= 15 is 0 Å². The Morgan fingerprint density at radius 1 is 1.36 bits per heavy atom. The minimum absolute atomic E-state index is 0.526. The largest absolute Gasteiger partial charge is 0.481 e. The zero-order chi connectivity index (χ0) is 9.80. The maximum absolute atomic E-state index is 5.40. The third-order valence-electron chi connectivity index (χ3n) is 2.49. The van der Waals surface area contributed by atoms with Crippen LogP contribution in [0.25, 0.3) is 0 Å². The van der Waals surface area contributed by atoms with E-state index in [1.807, 2.05) is 13.0 Å². The summed E-state index contributed by atoms with van der Waals surface area (Å²) in [4.78, 5) is 4.38. The Balaban J connectivity index is 1.99. The van der Waals surface area contributed by atoms with Crippen LogP contribution >= 0.6 is 0 Å². The van der Waals surface area contributed by atoms with Crippen molar-refractivity contribution >= 4 is 5.90 Å². The highest BCUT2D eigenvalue weighted by Crippen LogP contribution is 2.25. The van der Waals surface area contributed by atoms with Crippen molar-refractivity contribution in [1.29, 1.82) is 0 Å². The quantitative estimate of drug-likeness (QED) is 0.700. The summed E-state index contributed by atoms with van der Waals surface area (Å²) in [5.74, 6) is 1.44.